The molecule has 5 heteroatoms. The lowest BCUT2D eigenvalue weighted by Crippen LogP contribution is -2.65. The zero-order chi connectivity index (χ0) is 15.5. The van der Waals surface area contributed by atoms with Crippen molar-refractivity contribution in [3.8, 4) is 0 Å². The first-order valence-corrected chi connectivity index (χ1v) is 10.3. The lowest BCUT2D eigenvalue weighted by Gasteiger charge is -2.65. The minimum absolute atomic E-state index is 0.00394. The number of nitrogens with one attached hydrogen (secondary N) is 1. The lowest BCUT2D eigenvalue weighted by atomic mass is 9.43. The number of halogens is 1. The smallest absolute Gasteiger partial charge is 0.212 e. The molecule has 0 aromatic rings. The second kappa shape index (κ2) is 4.85. The summed E-state index contributed by atoms with van der Waals surface area (Å²) >= 11 is 5.79. The summed E-state index contributed by atoms with van der Waals surface area (Å²) in [6, 6.07) is 0. The maximum absolute atomic E-state index is 12.5. The Balaban J connectivity index is 1.82. The average molecular weight is 334 g/mol. The van der Waals surface area contributed by atoms with Crippen molar-refractivity contribution in [1.29, 1.82) is 0 Å². The molecule has 0 saturated heterocycles. The largest absolute Gasteiger partial charge is 0.212 e. The fourth-order valence-electron chi connectivity index (χ4n) is 6.35. The van der Waals surface area contributed by atoms with Crippen molar-refractivity contribution in [2.75, 3.05) is 11.6 Å². The van der Waals surface area contributed by atoms with Crippen LogP contribution in [0.5, 0.6) is 0 Å². The highest BCUT2D eigenvalue weighted by Crippen LogP contribution is 2.66. The number of alkyl halides is 1. The fraction of sp³-hybridized carbons (Fsp3) is 1.00. The van der Waals surface area contributed by atoms with E-state index in [4.69, 9.17) is 11.6 Å². The second-order valence-electron chi connectivity index (χ2n) is 9.05. The van der Waals surface area contributed by atoms with Crippen LogP contribution in [0.15, 0.2) is 0 Å². The van der Waals surface area contributed by atoms with Crippen LogP contribution in [0.1, 0.15) is 59.3 Å². The third-order valence-corrected chi connectivity index (χ3v) is 8.04. The van der Waals surface area contributed by atoms with E-state index in [1.165, 1.54) is 19.3 Å². The van der Waals surface area contributed by atoms with Gasteiger partial charge in [-0.1, -0.05) is 20.8 Å². The Morgan fingerprint density at radius 3 is 2.19 bits per heavy atom. The van der Waals surface area contributed by atoms with Gasteiger partial charge in [0, 0.05) is 11.4 Å². The summed E-state index contributed by atoms with van der Waals surface area (Å²) in [6.07, 6.45) is 6.89. The molecule has 0 radical (unpaired) electrons. The molecule has 0 heterocycles. The van der Waals surface area contributed by atoms with Crippen LogP contribution in [0.3, 0.4) is 0 Å². The first-order valence-electron chi connectivity index (χ1n) is 8.14. The average Bonchev–Trinajstić information content (AvgIpc) is 2.20. The van der Waals surface area contributed by atoms with Crippen molar-refractivity contribution < 1.29 is 8.42 Å². The van der Waals surface area contributed by atoms with Crippen LogP contribution in [-0.2, 0) is 10.0 Å². The Bertz CT molecular complexity index is 514. The molecular formula is C16H28ClNO2S. The molecule has 4 aliphatic carbocycles. The Hall–Kier alpha value is 0.200. The van der Waals surface area contributed by atoms with Crippen molar-refractivity contribution in [1.82, 2.24) is 4.72 Å². The van der Waals surface area contributed by atoms with Crippen molar-refractivity contribution >= 4 is 21.6 Å². The summed E-state index contributed by atoms with van der Waals surface area (Å²) in [7, 11) is -3.24. The molecule has 0 spiro atoms. The number of hydrogen-bond donors (Lipinski definition) is 1. The minimum atomic E-state index is -3.24. The van der Waals surface area contributed by atoms with Gasteiger partial charge in [0.2, 0.25) is 10.0 Å². The van der Waals surface area contributed by atoms with E-state index in [0.29, 0.717) is 22.6 Å². The maximum Gasteiger partial charge on any atom is 0.212 e. The first-order chi connectivity index (χ1) is 9.57. The topological polar surface area (TPSA) is 46.2 Å². The molecule has 4 fully saturated rings. The molecule has 0 aromatic carbocycles. The van der Waals surface area contributed by atoms with E-state index >= 15 is 0 Å². The number of rotatable bonds is 5. The zero-order valence-corrected chi connectivity index (χ0v) is 15.0. The van der Waals surface area contributed by atoms with Crippen LogP contribution < -0.4 is 4.72 Å². The summed E-state index contributed by atoms with van der Waals surface area (Å²) in [5.41, 5.74) is 0.470. The second-order valence-corrected chi connectivity index (χ2v) is 11.1. The van der Waals surface area contributed by atoms with Gasteiger partial charge in [0.25, 0.3) is 0 Å². The molecule has 4 rings (SSSR count). The molecule has 122 valence electrons. The molecule has 4 aliphatic rings. The van der Waals surface area contributed by atoms with Crippen LogP contribution in [-0.4, -0.2) is 25.6 Å². The lowest BCUT2D eigenvalue weighted by molar-refractivity contribution is -0.110. The van der Waals surface area contributed by atoms with E-state index in [1.807, 2.05) is 6.92 Å². The van der Waals surface area contributed by atoms with Gasteiger partial charge in [-0.05, 0) is 61.2 Å². The van der Waals surface area contributed by atoms with Gasteiger partial charge in [0.05, 0.1) is 5.75 Å². The van der Waals surface area contributed by atoms with Crippen molar-refractivity contribution in [3.63, 3.8) is 0 Å². The van der Waals surface area contributed by atoms with Crippen LogP contribution in [0.4, 0.5) is 0 Å². The molecule has 3 unspecified atom stereocenters. The molecule has 1 N–H and O–H groups in total. The molecule has 0 aromatic heterocycles. The van der Waals surface area contributed by atoms with Gasteiger partial charge in [-0.15, -0.1) is 11.6 Å². The first kappa shape index (κ1) is 16.1. The highest BCUT2D eigenvalue weighted by molar-refractivity contribution is 7.89. The van der Waals surface area contributed by atoms with E-state index in [0.717, 1.165) is 19.3 Å². The Labute approximate surface area is 134 Å². The maximum atomic E-state index is 12.5. The van der Waals surface area contributed by atoms with E-state index in [9.17, 15) is 8.42 Å². The SMILES string of the molecule is CC(CCl)CS(=O)(=O)NC12CC3CC(C)(CC(C)(C3)C1)C2. The summed E-state index contributed by atoms with van der Waals surface area (Å²) in [4.78, 5) is 0. The van der Waals surface area contributed by atoms with Crippen LogP contribution in [0.25, 0.3) is 0 Å². The molecular weight excluding hydrogens is 306 g/mol. The Morgan fingerprint density at radius 1 is 1.14 bits per heavy atom. The van der Waals surface area contributed by atoms with Gasteiger partial charge in [-0.2, -0.15) is 0 Å². The molecule has 3 nitrogen and oxygen atoms in total. The highest BCUT2D eigenvalue weighted by atomic mass is 35.5. The van der Waals surface area contributed by atoms with Gasteiger partial charge in [-0.25, -0.2) is 13.1 Å². The number of sulfonamides is 1. The molecule has 4 saturated carbocycles. The Morgan fingerprint density at radius 2 is 1.71 bits per heavy atom. The zero-order valence-electron chi connectivity index (χ0n) is 13.4. The quantitative estimate of drug-likeness (QED) is 0.782. The van der Waals surface area contributed by atoms with Gasteiger partial charge < -0.3 is 0 Å². The molecule has 4 bridgehead atoms. The third kappa shape index (κ3) is 3.13. The van der Waals surface area contributed by atoms with Crippen LogP contribution >= 0.6 is 11.6 Å². The van der Waals surface area contributed by atoms with Gasteiger partial charge in [0.1, 0.15) is 0 Å². The third-order valence-electron chi connectivity index (χ3n) is 5.77. The van der Waals surface area contributed by atoms with Gasteiger partial charge >= 0.3 is 0 Å². The van der Waals surface area contributed by atoms with Crippen molar-refractivity contribution in [3.05, 3.63) is 0 Å². The molecule has 0 aliphatic heterocycles. The molecule has 21 heavy (non-hydrogen) atoms. The van der Waals surface area contributed by atoms with Crippen LogP contribution in [0, 0.1) is 22.7 Å². The fourth-order valence-corrected chi connectivity index (χ4v) is 8.43. The standard InChI is InChI=1S/C16H28ClNO2S/c1-12(7-17)8-21(19,20)18-16-6-13-4-14(2,10-16)9-15(3,5-13)11-16/h12-13,18H,4-11H2,1-3H3. The summed E-state index contributed by atoms with van der Waals surface area (Å²) < 4.78 is 28.2. The number of hydrogen-bond acceptors (Lipinski definition) is 2. The highest BCUT2D eigenvalue weighted by Gasteiger charge is 2.60. The van der Waals surface area contributed by atoms with E-state index in [2.05, 4.69) is 18.6 Å². The molecule has 3 atom stereocenters. The predicted molar refractivity (Wildman–Crippen MR) is 86.9 cm³/mol. The Kier molecular flexibility index (Phi) is 3.71. The van der Waals surface area contributed by atoms with E-state index < -0.39 is 10.0 Å². The summed E-state index contributed by atoms with van der Waals surface area (Å²) in [5.74, 6) is 1.25. The van der Waals surface area contributed by atoms with Crippen molar-refractivity contribution in [2.45, 2.75) is 64.8 Å². The molecule has 0 amide bonds. The van der Waals surface area contributed by atoms with Gasteiger partial charge in [0.15, 0.2) is 0 Å². The van der Waals surface area contributed by atoms with Crippen LogP contribution in [0.2, 0.25) is 0 Å². The van der Waals surface area contributed by atoms with E-state index in [1.54, 1.807) is 0 Å². The normalized spacial score (nSPS) is 46.8. The minimum Gasteiger partial charge on any atom is -0.212 e. The van der Waals surface area contributed by atoms with Crippen molar-refractivity contribution in [2.24, 2.45) is 22.7 Å². The monoisotopic (exact) mass is 333 g/mol. The summed E-state index contributed by atoms with van der Waals surface area (Å²) in [6.45, 7) is 6.62. The van der Waals surface area contributed by atoms with Gasteiger partial charge in [-0.3, -0.25) is 0 Å². The predicted octanol–water partition coefficient (Wildman–Crippen LogP) is 3.53. The van der Waals surface area contributed by atoms with E-state index in [-0.39, 0.29) is 17.2 Å². The summed E-state index contributed by atoms with van der Waals surface area (Å²) in [5, 5.41) is 0.